The third-order valence-electron chi connectivity index (χ3n) is 3.31. The van der Waals surface area contributed by atoms with E-state index in [1.54, 1.807) is 31.2 Å². The molecule has 1 heterocycles. The summed E-state index contributed by atoms with van der Waals surface area (Å²) >= 11 is 5.80. The Morgan fingerprint density at radius 2 is 2.00 bits per heavy atom. The van der Waals surface area contributed by atoms with Crippen LogP contribution < -0.4 is 11.3 Å². The molecule has 0 saturated carbocycles. The van der Waals surface area contributed by atoms with Crippen molar-refractivity contribution in [3.8, 4) is 17.0 Å². The zero-order chi connectivity index (χ0) is 14.9. The normalized spacial score (nSPS) is 14.0. The van der Waals surface area contributed by atoms with Gasteiger partial charge < -0.3 is 15.8 Å². The summed E-state index contributed by atoms with van der Waals surface area (Å²) in [6, 6.07) is 6.58. The number of rotatable bonds is 3. The monoisotopic (exact) mass is 293 g/mol. The first-order valence-electron chi connectivity index (χ1n) is 6.23. The fourth-order valence-corrected chi connectivity index (χ4v) is 1.90. The van der Waals surface area contributed by atoms with Crippen LogP contribution in [0.1, 0.15) is 26.1 Å². The summed E-state index contributed by atoms with van der Waals surface area (Å²) in [5.74, 6) is -0.0728. The SMILES string of the molecule is CCC(C)(N)c1nc(O)c(-c2ccc(Cl)cc2)c(=O)[nH]1. The first-order valence-corrected chi connectivity index (χ1v) is 6.61. The first kappa shape index (κ1) is 14.6. The van der Waals surface area contributed by atoms with Gasteiger partial charge in [0.15, 0.2) is 0 Å². The van der Waals surface area contributed by atoms with E-state index in [1.807, 2.05) is 6.92 Å². The van der Waals surface area contributed by atoms with Gasteiger partial charge in [0.2, 0.25) is 5.88 Å². The molecule has 106 valence electrons. The number of nitrogens with zero attached hydrogens (tertiary/aromatic N) is 1. The maximum Gasteiger partial charge on any atom is 0.262 e. The van der Waals surface area contributed by atoms with Crippen molar-refractivity contribution in [1.29, 1.82) is 0 Å². The molecule has 1 aromatic heterocycles. The molecule has 0 fully saturated rings. The van der Waals surface area contributed by atoms with E-state index in [2.05, 4.69) is 9.97 Å². The van der Waals surface area contributed by atoms with Crippen LogP contribution >= 0.6 is 11.6 Å². The summed E-state index contributed by atoms with van der Waals surface area (Å²) in [5.41, 5.74) is 5.45. The van der Waals surface area contributed by atoms with Crippen LogP contribution in [0, 0.1) is 0 Å². The minimum absolute atomic E-state index is 0.109. The molecule has 0 spiro atoms. The molecule has 6 heteroatoms. The number of halogens is 1. The number of aromatic hydroxyl groups is 1. The minimum atomic E-state index is -0.796. The summed E-state index contributed by atoms with van der Waals surface area (Å²) < 4.78 is 0. The Morgan fingerprint density at radius 3 is 2.50 bits per heavy atom. The lowest BCUT2D eigenvalue weighted by Crippen LogP contribution is -2.36. The van der Waals surface area contributed by atoms with Crippen LogP contribution in [0.4, 0.5) is 0 Å². The number of aromatic amines is 1. The van der Waals surface area contributed by atoms with Crippen molar-refractivity contribution in [2.24, 2.45) is 5.73 Å². The molecule has 1 atom stereocenters. The lowest BCUT2D eigenvalue weighted by Gasteiger charge is -2.21. The lowest BCUT2D eigenvalue weighted by molar-refractivity contribution is 0.410. The average molecular weight is 294 g/mol. The maximum atomic E-state index is 12.2. The molecular weight excluding hydrogens is 278 g/mol. The number of benzene rings is 1. The van der Waals surface area contributed by atoms with Crippen molar-refractivity contribution in [2.75, 3.05) is 0 Å². The van der Waals surface area contributed by atoms with E-state index in [1.165, 1.54) is 0 Å². The van der Waals surface area contributed by atoms with Gasteiger partial charge in [-0.25, -0.2) is 0 Å². The van der Waals surface area contributed by atoms with Gasteiger partial charge in [0.1, 0.15) is 11.4 Å². The van der Waals surface area contributed by atoms with Crippen molar-refractivity contribution in [2.45, 2.75) is 25.8 Å². The molecular formula is C14H16ClN3O2. The molecule has 2 aromatic rings. The third-order valence-corrected chi connectivity index (χ3v) is 3.56. The topological polar surface area (TPSA) is 92.0 Å². The van der Waals surface area contributed by atoms with Gasteiger partial charge in [-0.3, -0.25) is 4.79 Å². The molecule has 20 heavy (non-hydrogen) atoms. The smallest absolute Gasteiger partial charge is 0.262 e. The summed E-state index contributed by atoms with van der Waals surface area (Å²) in [5, 5.41) is 10.6. The highest BCUT2D eigenvalue weighted by Crippen LogP contribution is 2.26. The van der Waals surface area contributed by atoms with Gasteiger partial charge in [-0.1, -0.05) is 30.7 Å². The predicted molar refractivity (Wildman–Crippen MR) is 78.8 cm³/mol. The number of hydrogen-bond donors (Lipinski definition) is 3. The molecule has 0 radical (unpaired) electrons. The summed E-state index contributed by atoms with van der Waals surface area (Å²) in [7, 11) is 0. The van der Waals surface area contributed by atoms with E-state index >= 15 is 0 Å². The minimum Gasteiger partial charge on any atom is -0.493 e. The molecule has 0 aliphatic heterocycles. The Kier molecular flexibility index (Phi) is 3.83. The Labute approximate surface area is 121 Å². The molecule has 2 rings (SSSR count). The van der Waals surface area contributed by atoms with E-state index in [0.29, 0.717) is 17.0 Å². The molecule has 0 aliphatic rings. The van der Waals surface area contributed by atoms with Crippen molar-refractivity contribution in [3.05, 3.63) is 45.5 Å². The molecule has 0 amide bonds. The van der Waals surface area contributed by atoms with Crippen molar-refractivity contribution in [1.82, 2.24) is 9.97 Å². The second-order valence-corrected chi connectivity index (χ2v) is 5.33. The van der Waals surface area contributed by atoms with Crippen LogP contribution in [0.3, 0.4) is 0 Å². The highest BCUT2D eigenvalue weighted by atomic mass is 35.5. The van der Waals surface area contributed by atoms with Crippen LogP contribution in [-0.4, -0.2) is 15.1 Å². The standard InChI is InChI=1S/C14H16ClN3O2/c1-3-14(2,16)13-17-11(19)10(12(20)18-13)8-4-6-9(15)7-5-8/h4-7H,3,16H2,1-2H3,(H2,17,18,19,20). The molecule has 0 aliphatic carbocycles. The molecule has 1 aromatic carbocycles. The number of H-pyrrole nitrogens is 1. The lowest BCUT2D eigenvalue weighted by atomic mass is 9.99. The molecule has 0 saturated heterocycles. The fraction of sp³-hybridized carbons (Fsp3) is 0.286. The van der Waals surface area contributed by atoms with Crippen LogP contribution in [-0.2, 0) is 5.54 Å². The molecule has 0 bridgehead atoms. The van der Waals surface area contributed by atoms with Gasteiger partial charge in [-0.15, -0.1) is 0 Å². The molecule has 4 N–H and O–H groups in total. The average Bonchev–Trinajstić information content (AvgIpc) is 2.40. The highest BCUT2D eigenvalue weighted by molar-refractivity contribution is 6.30. The van der Waals surface area contributed by atoms with Crippen molar-refractivity contribution in [3.63, 3.8) is 0 Å². The molecule has 1 unspecified atom stereocenters. The van der Waals surface area contributed by atoms with Crippen molar-refractivity contribution < 1.29 is 5.11 Å². The van der Waals surface area contributed by atoms with Gasteiger partial charge in [-0.2, -0.15) is 4.98 Å². The van der Waals surface area contributed by atoms with Crippen LogP contribution in [0.25, 0.3) is 11.1 Å². The summed E-state index contributed by atoms with van der Waals surface area (Å²) in [6.07, 6.45) is 0.579. The van der Waals surface area contributed by atoms with Crippen LogP contribution in [0.15, 0.2) is 29.1 Å². The van der Waals surface area contributed by atoms with E-state index < -0.39 is 11.1 Å². The van der Waals surface area contributed by atoms with Crippen LogP contribution in [0.5, 0.6) is 5.88 Å². The van der Waals surface area contributed by atoms with Crippen molar-refractivity contribution >= 4 is 11.6 Å². The largest absolute Gasteiger partial charge is 0.493 e. The number of nitrogens with two attached hydrogens (primary N) is 1. The number of nitrogens with one attached hydrogen (secondary N) is 1. The van der Waals surface area contributed by atoms with Gasteiger partial charge in [-0.05, 0) is 31.0 Å². The maximum absolute atomic E-state index is 12.2. The predicted octanol–water partition coefficient (Wildman–Crippen LogP) is 2.38. The zero-order valence-electron chi connectivity index (χ0n) is 11.3. The number of hydrogen-bond acceptors (Lipinski definition) is 4. The summed E-state index contributed by atoms with van der Waals surface area (Å²) in [4.78, 5) is 18.8. The number of aromatic nitrogens is 2. The third kappa shape index (κ3) is 2.69. The quantitative estimate of drug-likeness (QED) is 0.810. The first-order chi connectivity index (χ1) is 9.35. The zero-order valence-corrected chi connectivity index (χ0v) is 12.0. The van der Waals surface area contributed by atoms with E-state index in [9.17, 15) is 9.90 Å². The molecule has 5 nitrogen and oxygen atoms in total. The summed E-state index contributed by atoms with van der Waals surface area (Å²) in [6.45, 7) is 3.62. The Balaban J connectivity index is 2.58. The fourth-order valence-electron chi connectivity index (χ4n) is 1.78. The van der Waals surface area contributed by atoms with Gasteiger partial charge in [0.05, 0.1) is 5.54 Å². The Hall–Kier alpha value is -1.85. The van der Waals surface area contributed by atoms with E-state index in [-0.39, 0.29) is 17.3 Å². The van der Waals surface area contributed by atoms with Gasteiger partial charge in [0, 0.05) is 5.02 Å². The van der Waals surface area contributed by atoms with E-state index in [0.717, 1.165) is 0 Å². The van der Waals surface area contributed by atoms with E-state index in [4.69, 9.17) is 17.3 Å². The van der Waals surface area contributed by atoms with Gasteiger partial charge in [0.25, 0.3) is 5.56 Å². The van der Waals surface area contributed by atoms with Crippen LogP contribution in [0.2, 0.25) is 5.02 Å². The Morgan fingerprint density at radius 1 is 1.40 bits per heavy atom. The Bertz CT molecular complexity index is 678. The second kappa shape index (κ2) is 5.26. The highest BCUT2D eigenvalue weighted by Gasteiger charge is 2.24. The van der Waals surface area contributed by atoms with Gasteiger partial charge >= 0.3 is 0 Å². The second-order valence-electron chi connectivity index (χ2n) is 4.89.